The predicted molar refractivity (Wildman–Crippen MR) is 116 cm³/mol. The summed E-state index contributed by atoms with van der Waals surface area (Å²) in [5, 5.41) is 5.40. The first-order chi connectivity index (χ1) is 13.1. The zero-order chi connectivity index (χ0) is 19.2. The highest BCUT2D eigenvalue weighted by Gasteiger charge is 2.08. The normalized spacial score (nSPS) is 12.3. The lowest BCUT2D eigenvalue weighted by atomic mass is 10.1. The van der Waals surface area contributed by atoms with Gasteiger partial charge in [0.1, 0.15) is 0 Å². The first kappa shape index (κ1) is 19.2. The molecule has 142 valence electrons. The average Bonchev–Trinajstić information content (AvgIpc) is 2.69. The van der Waals surface area contributed by atoms with Gasteiger partial charge in [-0.05, 0) is 55.0 Å². The van der Waals surface area contributed by atoms with Gasteiger partial charge in [0.2, 0.25) is 0 Å². The number of nitrogens with one attached hydrogen (secondary N) is 1. The maximum absolute atomic E-state index is 12.9. The fourth-order valence-electron chi connectivity index (χ4n) is 3.46. The van der Waals surface area contributed by atoms with Crippen molar-refractivity contribution in [1.29, 1.82) is 0 Å². The Balaban J connectivity index is 1.82. The molecule has 3 heteroatoms. The lowest BCUT2D eigenvalue weighted by Crippen LogP contribution is -2.21. The van der Waals surface area contributed by atoms with Gasteiger partial charge in [-0.25, -0.2) is 0 Å². The van der Waals surface area contributed by atoms with E-state index in [9.17, 15) is 4.79 Å². The van der Waals surface area contributed by atoms with Crippen LogP contribution in [0.2, 0.25) is 0 Å². The van der Waals surface area contributed by atoms with Crippen LogP contribution in [-0.4, -0.2) is 10.6 Å². The molecule has 0 spiro atoms. The monoisotopic (exact) mass is 362 g/mol. The summed E-state index contributed by atoms with van der Waals surface area (Å²) in [5.74, 6) is 0. The van der Waals surface area contributed by atoms with Crippen LogP contribution in [0.1, 0.15) is 50.7 Å². The van der Waals surface area contributed by atoms with Crippen LogP contribution in [0.5, 0.6) is 0 Å². The molecule has 0 aliphatic rings. The van der Waals surface area contributed by atoms with Gasteiger partial charge < -0.3 is 9.88 Å². The number of rotatable bonds is 8. The molecular formula is C24H30N2O. The van der Waals surface area contributed by atoms with Crippen LogP contribution in [-0.2, 0) is 6.54 Å². The van der Waals surface area contributed by atoms with E-state index < -0.39 is 0 Å². The largest absolute Gasteiger partial charge is 0.382 e. The van der Waals surface area contributed by atoms with Crippen LogP contribution in [0.15, 0.2) is 59.5 Å². The van der Waals surface area contributed by atoms with Crippen molar-refractivity contribution >= 4 is 16.5 Å². The zero-order valence-electron chi connectivity index (χ0n) is 16.7. The Morgan fingerprint density at radius 2 is 1.81 bits per heavy atom. The molecule has 0 fully saturated rings. The summed E-state index contributed by atoms with van der Waals surface area (Å²) in [6, 6.07) is 17.0. The van der Waals surface area contributed by atoms with Crippen LogP contribution in [0, 0.1) is 6.92 Å². The molecule has 1 aromatic heterocycles. The Morgan fingerprint density at radius 1 is 1.04 bits per heavy atom. The number of aryl methyl sites for hydroxylation is 1. The molecule has 3 aromatic rings. The SMILES string of the molecule is CCCCC(CC)Nc1ccc2c(=O)n(Cc3ccc(C)cc3)ccc2c1. The highest BCUT2D eigenvalue weighted by molar-refractivity contribution is 5.84. The summed E-state index contributed by atoms with van der Waals surface area (Å²) >= 11 is 0. The molecule has 3 rings (SSSR count). The molecule has 0 aliphatic carbocycles. The van der Waals surface area contributed by atoms with Crippen LogP contribution in [0.4, 0.5) is 5.69 Å². The lowest BCUT2D eigenvalue weighted by molar-refractivity contribution is 0.593. The molecule has 0 radical (unpaired) electrons. The van der Waals surface area contributed by atoms with Crippen molar-refractivity contribution in [2.45, 2.75) is 59.0 Å². The number of anilines is 1. The van der Waals surface area contributed by atoms with Gasteiger partial charge in [0.25, 0.3) is 5.56 Å². The third-order valence-corrected chi connectivity index (χ3v) is 5.22. The Labute approximate surface area is 162 Å². The van der Waals surface area contributed by atoms with Crippen LogP contribution in [0.25, 0.3) is 10.8 Å². The highest BCUT2D eigenvalue weighted by atomic mass is 16.1. The Morgan fingerprint density at radius 3 is 2.52 bits per heavy atom. The number of aromatic nitrogens is 1. The quantitative estimate of drug-likeness (QED) is 0.554. The molecule has 1 N–H and O–H groups in total. The molecule has 3 nitrogen and oxygen atoms in total. The summed E-state index contributed by atoms with van der Waals surface area (Å²) in [6.07, 6.45) is 6.65. The first-order valence-electron chi connectivity index (χ1n) is 10.1. The van der Waals surface area contributed by atoms with E-state index in [1.807, 2.05) is 24.4 Å². The summed E-state index contributed by atoms with van der Waals surface area (Å²) in [7, 11) is 0. The van der Waals surface area contributed by atoms with Gasteiger partial charge in [0.05, 0.1) is 6.54 Å². The standard InChI is InChI=1S/C24H30N2O/c1-4-6-7-21(5-2)25-22-12-13-23-20(16-22)14-15-26(24(23)27)17-19-10-8-18(3)9-11-19/h8-16,21,25H,4-7,17H2,1-3H3. The number of nitrogens with zero attached hydrogens (tertiary/aromatic N) is 1. The Hall–Kier alpha value is -2.55. The molecule has 1 atom stereocenters. The second-order valence-electron chi connectivity index (χ2n) is 7.43. The van der Waals surface area contributed by atoms with Gasteiger partial charge in [-0.15, -0.1) is 0 Å². The Kier molecular flexibility index (Phi) is 6.33. The van der Waals surface area contributed by atoms with Gasteiger partial charge in [-0.3, -0.25) is 4.79 Å². The first-order valence-corrected chi connectivity index (χ1v) is 10.1. The minimum Gasteiger partial charge on any atom is -0.382 e. The summed E-state index contributed by atoms with van der Waals surface area (Å²) in [4.78, 5) is 12.9. The maximum atomic E-state index is 12.9. The van der Waals surface area contributed by atoms with Crippen molar-refractivity contribution in [2.24, 2.45) is 0 Å². The minimum absolute atomic E-state index is 0.0673. The van der Waals surface area contributed by atoms with Gasteiger partial charge in [-0.2, -0.15) is 0 Å². The number of fused-ring (bicyclic) bond motifs is 1. The number of hydrogen-bond donors (Lipinski definition) is 1. The van der Waals surface area contributed by atoms with Crippen molar-refractivity contribution < 1.29 is 0 Å². The molecule has 0 saturated carbocycles. The second-order valence-corrected chi connectivity index (χ2v) is 7.43. The van der Waals surface area contributed by atoms with E-state index in [2.05, 4.69) is 56.4 Å². The van der Waals surface area contributed by atoms with E-state index >= 15 is 0 Å². The van der Waals surface area contributed by atoms with E-state index in [0.717, 1.165) is 28.4 Å². The number of unbranched alkanes of at least 4 members (excludes halogenated alkanes) is 1. The molecule has 0 aliphatic heterocycles. The van der Waals surface area contributed by atoms with Crippen LogP contribution < -0.4 is 10.9 Å². The number of pyridine rings is 1. The van der Waals surface area contributed by atoms with Crippen LogP contribution >= 0.6 is 0 Å². The molecule has 27 heavy (non-hydrogen) atoms. The summed E-state index contributed by atoms with van der Waals surface area (Å²) in [6.45, 7) is 7.12. The average molecular weight is 363 g/mol. The smallest absolute Gasteiger partial charge is 0.258 e. The summed E-state index contributed by atoms with van der Waals surface area (Å²) in [5.41, 5.74) is 3.54. The van der Waals surface area contributed by atoms with E-state index in [4.69, 9.17) is 0 Å². The Bertz CT molecular complexity index is 941. The highest BCUT2D eigenvalue weighted by Crippen LogP contribution is 2.19. The van der Waals surface area contributed by atoms with E-state index in [0.29, 0.717) is 12.6 Å². The van der Waals surface area contributed by atoms with Gasteiger partial charge in [0, 0.05) is 23.3 Å². The zero-order valence-corrected chi connectivity index (χ0v) is 16.7. The van der Waals surface area contributed by atoms with Crippen molar-refractivity contribution in [3.8, 4) is 0 Å². The second kappa shape index (κ2) is 8.90. The molecule has 0 bridgehead atoms. The molecule has 1 unspecified atom stereocenters. The lowest BCUT2D eigenvalue weighted by Gasteiger charge is -2.18. The van der Waals surface area contributed by atoms with E-state index in [-0.39, 0.29) is 5.56 Å². The topological polar surface area (TPSA) is 34.0 Å². The third kappa shape index (κ3) is 4.79. The van der Waals surface area contributed by atoms with Crippen molar-refractivity contribution in [3.05, 3.63) is 76.2 Å². The van der Waals surface area contributed by atoms with Gasteiger partial charge in [0.15, 0.2) is 0 Å². The van der Waals surface area contributed by atoms with Crippen molar-refractivity contribution in [1.82, 2.24) is 4.57 Å². The molecule has 0 amide bonds. The predicted octanol–water partition coefficient (Wildman–Crippen LogP) is 5.74. The van der Waals surface area contributed by atoms with Crippen LogP contribution in [0.3, 0.4) is 0 Å². The fourth-order valence-corrected chi connectivity index (χ4v) is 3.46. The third-order valence-electron chi connectivity index (χ3n) is 5.22. The summed E-state index contributed by atoms with van der Waals surface area (Å²) < 4.78 is 1.79. The molecule has 2 aromatic carbocycles. The number of benzene rings is 2. The van der Waals surface area contributed by atoms with Crippen molar-refractivity contribution in [3.63, 3.8) is 0 Å². The van der Waals surface area contributed by atoms with E-state index in [1.54, 1.807) is 4.57 Å². The van der Waals surface area contributed by atoms with E-state index in [1.165, 1.54) is 24.8 Å². The fraction of sp³-hybridized carbons (Fsp3) is 0.375. The molecular weight excluding hydrogens is 332 g/mol. The van der Waals surface area contributed by atoms with Gasteiger partial charge in [-0.1, -0.05) is 56.5 Å². The molecule has 0 saturated heterocycles. The van der Waals surface area contributed by atoms with Gasteiger partial charge >= 0.3 is 0 Å². The minimum atomic E-state index is 0.0673. The maximum Gasteiger partial charge on any atom is 0.258 e. The number of hydrogen-bond acceptors (Lipinski definition) is 2. The van der Waals surface area contributed by atoms with Crippen molar-refractivity contribution in [2.75, 3.05) is 5.32 Å². The molecule has 1 heterocycles.